The molecular weight excluding hydrogens is 443 g/mol. The molecule has 0 amide bonds. The van der Waals surface area contributed by atoms with Crippen LogP contribution in [0.15, 0.2) is 36.4 Å². The largest absolute Gasteiger partial charge is 0.493 e. The lowest BCUT2D eigenvalue weighted by Crippen LogP contribution is -2.19. The zero-order valence-electron chi connectivity index (χ0n) is 18.3. The standard InChI is InChI=1S/C24H31Cl3O3/c1-16(12-25)14-30-23-21(26)10-19(11-22(23)27)24(3,4)18-6-8-20(9-7-18)29-15-17(2)13-28-5/h6-11,16-17H,12-15H2,1-5H3/t16-,17+/m1/s1. The van der Waals surface area contributed by atoms with Gasteiger partial charge in [0.1, 0.15) is 5.75 Å². The molecule has 6 heteroatoms. The van der Waals surface area contributed by atoms with Crippen LogP contribution in [0.5, 0.6) is 11.5 Å². The van der Waals surface area contributed by atoms with Gasteiger partial charge in [-0.1, -0.05) is 63.0 Å². The first-order valence-corrected chi connectivity index (χ1v) is 11.4. The van der Waals surface area contributed by atoms with Gasteiger partial charge in [-0.3, -0.25) is 0 Å². The third kappa shape index (κ3) is 6.68. The number of hydrogen-bond donors (Lipinski definition) is 0. The van der Waals surface area contributed by atoms with Gasteiger partial charge in [0, 0.05) is 30.2 Å². The molecule has 2 rings (SSSR count). The normalized spacial score (nSPS) is 13.7. The third-order valence-electron chi connectivity index (χ3n) is 5.06. The summed E-state index contributed by atoms with van der Waals surface area (Å²) >= 11 is 18.9. The van der Waals surface area contributed by atoms with E-state index in [1.165, 1.54) is 0 Å². The molecule has 0 radical (unpaired) electrons. The average Bonchev–Trinajstić information content (AvgIpc) is 2.71. The van der Waals surface area contributed by atoms with Crippen LogP contribution in [0, 0.1) is 11.8 Å². The molecular formula is C24H31Cl3O3. The summed E-state index contributed by atoms with van der Waals surface area (Å²) in [6.07, 6.45) is 0. The Hall–Kier alpha value is -1.13. The fourth-order valence-electron chi connectivity index (χ4n) is 3.03. The van der Waals surface area contributed by atoms with Crippen molar-refractivity contribution in [3.8, 4) is 11.5 Å². The van der Waals surface area contributed by atoms with Crippen molar-refractivity contribution in [2.24, 2.45) is 11.8 Å². The van der Waals surface area contributed by atoms with E-state index in [9.17, 15) is 0 Å². The molecule has 0 fully saturated rings. The lowest BCUT2D eigenvalue weighted by molar-refractivity contribution is 0.127. The number of alkyl halides is 1. The van der Waals surface area contributed by atoms with Gasteiger partial charge in [-0.05, 0) is 35.4 Å². The molecule has 0 aromatic heterocycles. The Balaban J connectivity index is 2.16. The van der Waals surface area contributed by atoms with E-state index < -0.39 is 0 Å². The summed E-state index contributed by atoms with van der Waals surface area (Å²) in [7, 11) is 1.70. The second kappa shape index (κ2) is 11.5. The van der Waals surface area contributed by atoms with Crippen molar-refractivity contribution in [1.82, 2.24) is 0 Å². The van der Waals surface area contributed by atoms with Crippen LogP contribution in [-0.4, -0.2) is 32.8 Å². The van der Waals surface area contributed by atoms with E-state index in [0.717, 1.165) is 16.9 Å². The number of hydrogen-bond acceptors (Lipinski definition) is 3. The fraction of sp³-hybridized carbons (Fsp3) is 0.500. The van der Waals surface area contributed by atoms with Crippen LogP contribution in [-0.2, 0) is 10.2 Å². The van der Waals surface area contributed by atoms with Crippen LogP contribution in [0.3, 0.4) is 0 Å². The third-order valence-corrected chi connectivity index (χ3v) is 6.15. The monoisotopic (exact) mass is 472 g/mol. The molecule has 0 saturated carbocycles. The first kappa shape index (κ1) is 25.1. The number of rotatable bonds is 11. The maximum absolute atomic E-state index is 6.50. The van der Waals surface area contributed by atoms with E-state index in [2.05, 4.69) is 32.9 Å². The number of benzene rings is 2. The van der Waals surface area contributed by atoms with Crippen molar-refractivity contribution in [3.05, 3.63) is 57.6 Å². The average molecular weight is 474 g/mol. The maximum Gasteiger partial charge on any atom is 0.156 e. The summed E-state index contributed by atoms with van der Waals surface area (Å²) < 4.78 is 16.8. The van der Waals surface area contributed by atoms with Crippen LogP contribution in [0.2, 0.25) is 10.0 Å². The van der Waals surface area contributed by atoms with Gasteiger partial charge in [0.05, 0.1) is 29.9 Å². The van der Waals surface area contributed by atoms with Crippen molar-refractivity contribution >= 4 is 34.8 Å². The van der Waals surface area contributed by atoms with E-state index in [0.29, 0.717) is 47.4 Å². The molecule has 0 saturated heterocycles. The first-order chi connectivity index (χ1) is 14.2. The van der Waals surface area contributed by atoms with Crippen LogP contribution >= 0.6 is 34.8 Å². The highest BCUT2D eigenvalue weighted by Gasteiger charge is 2.26. The van der Waals surface area contributed by atoms with Crippen LogP contribution in [0.4, 0.5) is 0 Å². The molecule has 0 spiro atoms. The van der Waals surface area contributed by atoms with Crippen LogP contribution < -0.4 is 9.47 Å². The summed E-state index contributed by atoms with van der Waals surface area (Å²) in [5, 5.41) is 0.999. The van der Waals surface area contributed by atoms with E-state index in [4.69, 9.17) is 49.0 Å². The molecule has 2 aromatic rings. The van der Waals surface area contributed by atoms with Gasteiger partial charge in [0.25, 0.3) is 0 Å². The predicted molar refractivity (Wildman–Crippen MR) is 127 cm³/mol. The second-order valence-corrected chi connectivity index (χ2v) is 9.48. The lowest BCUT2D eigenvalue weighted by Gasteiger charge is -2.27. The summed E-state index contributed by atoms with van der Waals surface area (Å²) in [4.78, 5) is 0. The van der Waals surface area contributed by atoms with Crippen LogP contribution in [0.25, 0.3) is 0 Å². The van der Waals surface area contributed by atoms with Gasteiger partial charge in [0.15, 0.2) is 5.75 Å². The van der Waals surface area contributed by atoms with Gasteiger partial charge in [0.2, 0.25) is 0 Å². The quantitative estimate of drug-likeness (QED) is 0.322. The highest BCUT2D eigenvalue weighted by Crippen LogP contribution is 2.40. The van der Waals surface area contributed by atoms with Gasteiger partial charge in [-0.25, -0.2) is 0 Å². The van der Waals surface area contributed by atoms with Gasteiger partial charge in [-0.2, -0.15) is 0 Å². The highest BCUT2D eigenvalue weighted by atomic mass is 35.5. The summed E-state index contributed by atoms with van der Waals surface area (Å²) in [6, 6.07) is 12.0. The summed E-state index contributed by atoms with van der Waals surface area (Å²) in [5.41, 5.74) is 1.85. The van der Waals surface area contributed by atoms with Gasteiger partial charge < -0.3 is 14.2 Å². The molecule has 2 atom stereocenters. The molecule has 3 nitrogen and oxygen atoms in total. The summed E-state index contributed by atoms with van der Waals surface area (Å²) in [6.45, 7) is 10.2. The minimum absolute atomic E-state index is 0.216. The van der Waals surface area contributed by atoms with Crippen LogP contribution in [0.1, 0.15) is 38.8 Å². The van der Waals surface area contributed by atoms with Crippen molar-refractivity contribution in [2.75, 3.05) is 32.8 Å². The summed E-state index contributed by atoms with van der Waals surface area (Å²) in [5.74, 6) is 2.41. The molecule has 166 valence electrons. The van der Waals surface area contributed by atoms with Crippen molar-refractivity contribution in [2.45, 2.75) is 33.1 Å². The Morgan fingerprint density at radius 2 is 1.40 bits per heavy atom. The second-order valence-electron chi connectivity index (χ2n) is 8.36. The molecule has 0 bridgehead atoms. The maximum atomic E-state index is 6.50. The Bertz CT molecular complexity index is 783. The van der Waals surface area contributed by atoms with Gasteiger partial charge >= 0.3 is 0 Å². The van der Waals surface area contributed by atoms with Crippen molar-refractivity contribution in [1.29, 1.82) is 0 Å². The fourth-order valence-corrected chi connectivity index (χ4v) is 3.72. The number of halogens is 3. The molecule has 0 aliphatic rings. The van der Waals surface area contributed by atoms with E-state index in [1.807, 2.05) is 31.2 Å². The van der Waals surface area contributed by atoms with Crippen molar-refractivity contribution < 1.29 is 14.2 Å². The minimum Gasteiger partial charge on any atom is -0.493 e. The molecule has 0 unspecified atom stereocenters. The molecule has 0 N–H and O–H groups in total. The topological polar surface area (TPSA) is 27.7 Å². The Kier molecular flexibility index (Phi) is 9.62. The lowest BCUT2D eigenvalue weighted by atomic mass is 9.78. The Morgan fingerprint density at radius 3 is 1.93 bits per heavy atom. The molecule has 0 aliphatic heterocycles. The van der Waals surface area contributed by atoms with E-state index in [1.54, 1.807) is 7.11 Å². The smallest absolute Gasteiger partial charge is 0.156 e. The van der Waals surface area contributed by atoms with Crippen molar-refractivity contribution in [3.63, 3.8) is 0 Å². The molecule has 2 aromatic carbocycles. The Morgan fingerprint density at radius 1 is 0.833 bits per heavy atom. The molecule has 30 heavy (non-hydrogen) atoms. The number of ether oxygens (including phenoxy) is 3. The zero-order valence-corrected chi connectivity index (χ0v) is 20.6. The molecule has 0 heterocycles. The number of methoxy groups -OCH3 is 1. The SMILES string of the molecule is COC[C@H](C)COc1ccc(C(C)(C)c2cc(Cl)c(OC[C@H](C)CCl)c(Cl)c2)cc1. The zero-order chi connectivity index (χ0) is 22.3. The molecule has 0 aliphatic carbocycles. The van der Waals surface area contributed by atoms with Gasteiger partial charge in [-0.15, -0.1) is 11.6 Å². The highest BCUT2D eigenvalue weighted by molar-refractivity contribution is 6.37. The Labute approximate surface area is 195 Å². The first-order valence-electron chi connectivity index (χ1n) is 10.1. The minimum atomic E-state index is -0.295. The van der Waals surface area contributed by atoms with E-state index >= 15 is 0 Å². The predicted octanol–water partition coefficient (Wildman–Crippen LogP) is 7.23. The van der Waals surface area contributed by atoms with E-state index in [-0.39, 0.29) is 11.3 Å².